The zero-order valence-corrected chi connectivity index (χ0v) is 18.1. The van der Waals surface area contributed by atoms with Crippen molar-refractivity contribution in [2.24, 2.45) is 0 Å². The van der Waals surface area contributed by atoms with Crippen molar-refractivity contribution in [2.45, 2.75) is 83.3 Å². The van der Waals surface area contributed by atoms with Crippen LogP contribution in [-0.2, 0) is 4.74 Å². The van der Waals surface area contributed by atoms with E-state index in [-0.39, 0.29) is 32.2 Å². The molecule has 0 aromatic carbocycles. The number of aliphatic hydroxyl groups excluding tert-OH is 3. The molecule has 3 N–H and O–H groups in total. The number of ether oxygens (including phenoxy) is 1. The van der Waals surface area contributed by atoms with E-state index >= 15 is 0 Å². The largest absolute Gasteiger partial charge is 1.00 e. The van der Waals surface area contributed by atoms with Gasteiger partial charge in [0.15, 0.2) is 0 Å². The van der Waals surface area contributed by atoms with Crippen LogP contribution in [0.15, 0.2) is 0 Å². The number of hydrogen-bond donors (Lipinski definition) is 3. The third-order valence-corrected chi connectivity index (χ3v) is 4.65. The topological polar surface area (TPSA) is 69.9 Å². The van der Waals surface area contributed by atoms with E-state index in [2.05, 4.69) is 21.0 Å². The summed E-state index contributed by atoms with van der Waals surface area (Å²) >= 11 is 0. The highest BCUT2D eigenvalue weighted by Crippen LogP contribution is 2.12. The highest BCUT2D eigenvalue weighted by atomic mass is 35.5. The first-order chi connectivity index (χ1) is 11.9. The van der Waals surface area contributed by atoms with E-state index in [0.29, 0.717) is 6.54 Å². The summed E-state index contributed by atoms with van der Waals surface area (Å²) in [6.45, 7) is 3.93. The second-order valence-electron chi connectivity index (χ2n) is 8.05. The van der Waals surface area contributed by atoms with Crippen LogP contribution in [0.4, 0.5) is 0 Å². The lowest BCUT2D eigenvalue weighted by Crippen LogP contribution is -3.00. The number of quaternary nitrogens is 1. The fourth-order valence-corrected chi connectivity index (χ4v) is 3.13. The summed E-state index contributed by atoms with van der Waals surface area (Å²) in [5, 5.41) is 28.0. The van der Waals surface area contributed by atoms with Crippen LogP contribution in [0.5, 0.6) is 0 Å². The lowest BCUT2D eigenvalue weighted by Gasteiger charge is -2.32. The molecule has 0 aromatic heterocycles. The standard InChI is InChI=1S/C20H44NO4.ClH/c1-4-5-6-7-8-9-10-11-12-13-14-21(2,3)15-19(23)17-25-18-20(24)16-22;/h19-20,22-24H,4-18H2,1-3H3;1H/q+1;/p-1. The highest BCUT2D eigenvalue weighted by Gasteiger charge is 2.20. The van der Waals surface area contributed by atoms with Gasteiger partial charge in [0.25, 0.3) is 0 Å². The van der Waals surface area contributed by atoms with Gasteiger partial charge in [-0.15, -0.1) is 0 Å². The number of aliphatic hydroxyl groups is 3. The number of rotatable bonds is 18. The van der Waals surface area contributed by atoms with Crippen molar-refractivity contribution in [1.82, 2.24) is 0 Å². The minimum absolute atomic E-state index is 0. The van der Waals surface area contributed by atoms with Gasteiger partial charge in [0, 0.05) is 0 Å². The first-order valence-electron chi connectivity index (χ1n) is 10.3. The van der Waals surface area contributed by atoms with Crippen molar-refractivity contribution in [3.05, 3.63) is 0 Å². The highest BCUT2D eigenvalue weighted by molar-refractivity contribution is 4.55. The fraction of sp³-hybridized carbons (Fsp3) is 1.00. The summed E-state index contributed by atoms with van der Waals surface area (Å²) < 4.78 is 6.01. The number of halogens is 1. The van der Waals surface area contributed by atoms with Gasteiger partial charge in [-0.2, -0.15) is 0 Å². The molecule has 0 aliphatic rings. The van der Waals surface area contributed by atoms with Crippen LogP contribution in [0.25, 0.3) is 0 Å². The van der Waals surface area contributed by atoms with Crippen LogP contribution in [0.3, 0.4) is 0 Å². The molecule has 0 saturated carbocycles. The molecule has 0 saturated heterocycles. The minimum Gasteiger partial charge on any atom is -1.00 e. The molecule has 0 heterocycles. The van der Waals surface area contributed by atoms with Gasteiger partial charge < -0.3 is 36.9 Å². The Morgan fingerprint density at radius 1 is 0.769 bits per heavy atom. The van der Waals surface area contributed by atoms with Gasteiger partial charge in [0.1, 0.15) is 18.8 Å². The molecule has 5 nitrogen and oxygen atoms in total. The lowest BCUT2D eigenvalue weighted by molar-refractivity contribution is -0.893. The van der Waals surface area contributed by atoms with E-state index in [0.717, 1.165) is 11.0 Å². The molecule has 0 aliphatic heterocycles. The summed E-state index contributed by atoms with van der Waals surface area (Å²) in [4.78, 5) is 0. The van der Waals surface area contributed by atoms with Crippen molar-refractivity contribution in [1.29, 1.82) is 0 Å². The third kappa shape index (κ3) is 18.9. The Labute approximate surface area is 167 Å². The third-order valence-electron chi connectivity index (χ3n) is 4.65. The molecule has 160 valence electrons. The molecular formula is C20H44ClNO4. The zero-order chi connectivity index (χ0) is 19.0. The minimum atomic E-state index is -0.860. The van der Waals surface area contributed by atoms with Crippen molar-refractivity contribution >= 4 is 0 Å². The predicted molar refractivity (Wildman–Crippen MR) is 104 cm³/mol. The van der Waals surface area contributed by atoms with Crippen molar-refractivity contribution < 1.29 is 36.9 Å². The molecule has 0 bridgehead atoms. The van der Waals surface area contributed by atoms with E-state index in [9.17, 15) is 10.2 Å². The average molecular weight is 398 g/mol. The fourth-order valence-electron chi connectivity index (χ4n) is 3.13. The molecule has 0 fully saturated rings. The maximum absolute atomic E-state index is 10.0. The Morgan fingerprint density at radius 2 is 1.23 bits per heavy atom. The average Bonchev–Trinajstić information content (AvgIpc) is 2.55. The van der Waals surface area contributed by atoms with Crippen LogP contribution in [0, 0.1) is 0 Å². The van der Waals surface area contributed by atoms with Crippen LogP contribution in [-0.4, -0.2) is 79.0 Å². The molecule has 26 heavy (non-hydrogen) atoms. The second-order valence-corrected chi connectivity index (χ2v) is 8.05. The molecule has 0 aromatic rings. The predicted octanol–water partition coefficient (Wildman–Crippen LogP) is -0.282. The summed E-state index contributed by atoms with van der Waals surface area (Å²) in [7, 11) is 4.28. The maximum Gasteiger partial charge on any atom is 0.126 e. The van der Waals surface area contributed by atoms with E-state index in [1.807, 2.05) is 0 Å². The van der Waals surface area contributed by atoms with Crippen molar-refractivity contribution in [3.8, 4) is 0 Å². The van der Waals surface area contributed by atoms with Gasteiger partial charge in [-0.25, -0.2) is 0 Å². The van der Waals surface area contributed by atoms with E-state index in [1.165, 1.54) is 64.2 Å². The zero-order valence-electron chi connectivity index (χ0n) is 17.3. The lowest BCUT2D eigenvalue weighted by atomic mass is 10.1. The van der Waals surface area contributed by atoms with E-state index < -0.39 is 12.2 Å². The molecule has 0 aliphatic carbocycles. The van der Waals surface area contributed by atoms with Crippen LogP contribution < -0.4 is 12.4 Å². The first-order valence-corrected chi connectivity index (χ1v) is 10.3. The number of unbranched alkanes of at least 4 members (excludes halogenated alkanes) is 9. The molecule has 0 rings (SSSR count). The Bertz CT molecular complexity index is 293. The molecule has 0 spiro atoms. The summed E-state index contributed by atoms with van der Waals surface area (Å²) in [5.41, 5.74) is 0. The smallest absolute Gasteiger partial charge is 0.126 e. The first kappa shape index (κ1) is 28.3. The second kappa shape index (κ2) is 18.5. The molecule has 0 radical (unpaired) electrons. The maximum atomic E-state index is 10.0. The molecule has 0 amide bonds. The molecule has 2 unspecified atom stereocenters. The Kier molecular flexibility index (Phi) is 20.1. The van der Waals surface area contributed by atoms with Crippen molar-refractivity contribution in [2.75, 3.05) is 47.0 Å². The quantitative estimate of drug-likeness (QED) is 0.220. The number of hydrogen-bond acceptors (Lipinski definition) is 4. The van der Waals surface area contributed by atoms with Gasteiger partial charge in [0.2, 0.25) is 0 Å². The van der Waals surface area contributed by atoms with Crippen LogP contribution in [0.2, 0.25) is 0 Å². The number of nitrogens with zero attached hydrogens (tertiary/aromatic N) is 1. The Hall–Kier alpha value is 0.0900. The van der Waals surface area contributed by atoms with Gasteiger partial charge in [-0.05, 0) is 12.8 Å². The number of likely N-dealkylation sites (N-methyl/N-ethyl adjacent to an activating group) is 1. The summed E-state index contributed by atoms with van der Waals surface area (Å²) in [6, 6.07) is 0. The van der Waals surface area contributed by atoms with Gasteiger partial charge in [0.05, 0.1) is 40.5 Å². The summed E-state index contributed by atoms with van der Waals surface area (Å²) in [5.74, 6) is 0. The molecular weight excluding hydrogens is 354 g/mol. The van der Waals surface area contributed by atoms with Crippen molar-refractivity contribution in [3.63, 3.8) is 0 Å². The molecule has 6 heteroatoms. The SMILES string of the molecule is CCCCCCCCCCCC[N+](C)(C)CC(O)COCC(O)CO.[Cl-]. The monoisotopic (exact) mass is 397 g/mol. The van der Waals surface area contributed by atoms with Gasteiger partial charge in [-0.3, -0.25) is 0 Å². The Balaban J connectivity index is 0. The van der Waals surface area contributed by atoms with Gasteiger partial charge >= 0.3 is 0 Å². The van der Waals surface area contributed by atoms with Gasteiger partial charge in [-0.1, -0.05) is 58.3 Å². The normalized spacial score (nSPS) is 14.1. The summed E-state index contributed by atoms with van der Waals surface area (Å²) in [6.07, 6.45) is 12.0. The van der Waals surface area contributed by atoms with E-state index in [4.69, 9.17) is 9.84 Å². The van der Waals surface area contributed by atoms with Crippen LogP contribution in [0.1, 0.15) is 71.1 Å². The Morgan fingerprint density at radius 3 is 1.73 bits per heavy atom. The van der Waals surface area contributed by atoms with E-state index in [1.54, 1.807) is 0 Å². The van der Waals surface area contributed by atoms with Crippen LogP contribution >= 0.6 is 0 Å². The molecule has 2 atom stereocenters.